The quantitative estimate of drug-likeness (QED) is 0.639. The summed E-state index contributed by atoms with van der Waals surface area (Å²) in [5.41, 5.74) is 2.35. The van der Waals surface area contributed by atoms with E-state index in [-0.39, 0.29) is 5.91 Å². The number of nitrogens with one attached hydrogen (secondary N) is 1. The van der Waals surface area contributed by atoms with E-state index < -0.39 is 0 Å². The van der Waals surface area contributed by atoms with Gasteiger partial charge in [-0.15, -0.1) is 0 Å². The lowest BCUT2D eigenvalue weighted by Crippen LogP contribution is -2.12. The summed E-state index contributed by atoms with van der Waals surface area (Å²) >= 11 is 6.07. The van der Waals surface area contributed by atoms with Gasteiger partial charge in [-0.2, -0.15) is 4.98 Å². The van der Waals surface area contributed by atoms with Crippen molar-refractivity contribution in [2.24, 2.45) is 0 Å². The lowest BCUT2D eigenvalue weighted by molar-refractivity contribution is -0.116. The molecule has 0 aliphatic carbocycles. The van der Waals surface area contributed by atoms with Gasteiger partial charge in [0, 0.05) is 23.6 Å². The van der Waals surface area contributed by atoms with Crippen LogP contribution in [0.15, 0.2) is 47.0 Å². The summed E-state index contributed by atoms with van der Waals surface area (Å²) in [6, 6.07) is 12.9. The number of aryl methyl sites for hydroxylation is 1. The zero-order valence-corrected chi connectivity index (χ0v) is 15.9. The van der Waals surface area contributed by atoms with Gasteiger partial charge in [0.05, 0.1) is 12.7 Å². The van der Waals surface area contributed by atoms with Crippen LogP contribution in [0.2, 0.25) is 5.02 Å². The van der Waals surface area contributed by atoms with E-state index in [1.165, 1.54) is 0 Å². The van der Waals surface area contributed by atoms with Crippen LogP contribution in [0.5, 0.6) is 5.75 Å². The average Bonchev–Trinajstić information content (AvgIpc) is 3.14. The number of hydrogen-bond donors (Lipinski definition) is 1. The predicted octanol–water partition coefficient (Wildman–Crippen LogP) is 4.67. The number of aromatic nitrogens is 2. The molecular weight excluding hydrogens is 366 g/mol. The third kappa shape index (κ3) is 4.65. The number of halogens is 1. The smallest absolute Gasteiger partial charge is 0.226 e. The first-order valence-corrected chi connectivity index (χ1v) is 8.97. The monoisotopic (exact) mass is 385 g/mol. The standard InChI is InChI=1S/C20H20ClN3O3/c1-13-15(21)8-5-9-16(13)22-18(25)11-6-12-19-23-20(24-27-19)14-7-3-4-10-17(14)26-2/h3-5,7-10H,6,11-12H2,1-2H3,(H,22,25). The normalized spacial score (nSPS) is 10.6. The highest BCUT2D eigenvalue weighted by Gasteiger charge is 2.13. The van der Waals surface area contributed by atoms with Crippen molar-refractivity contribution in [3.8, 4) is 17.1 Å². The van der Waals surface area contributed by atoms with Gasteiger partial charge >= 0.3 is 0 Å². The van der Waals surface area contributed by atoms with Crippen molar-refractivity contribution in [2.75, 3.05) is 12.4 Å². The minimum atomic E-state index is -0.0789. The van der Waals surface area contributed by atoms with Gasteiger partial charge in [-0.1, -0.05) is 35.0 Å². The topological polar surface area (TPSA) is 77.2 Å². The molecule has 0 aliphatic heterocycles. The molecule has 0 bridgehead atoms. The van der Waals surface area contributed by atoms with Gasteiger partial charge in [0.25, 0.3) is 0 Å². The van der Waals surface area contributed by atoms with Crippen LogP contribution >= 0.6 is 11.6 Å². The predicted molar refractivity (Wildman–Crippen MR) is 104 cm³/mol. The van der Waals surface area contributed by atoms with Crippen molar-refractivity contribution in [2.45, 2.75) is 26.2 Å². The second kappa shape index (κ2) is 8.68. The summed E-state index contributed by atoms with van der Waals surface area (Å²) in [6.07, 6.45) is 1.46. The lowest BCUT2D eigenvalue weighted by atomic mass is 10.1. The van der Waals surface area contributed by atoms with Crippen molar-refractivity contribution >= 4 is 23.2 Å². The minimum Gasteiger partial charge on any atom is -0.496 e. The lowest BCUT2D eigenvalue weighted by Gasteiger charge is -2.09. The summed E-state index contributed by atoms with van der Waals surface area (Å²) in [7, 11) is 1.60. The Morgan fingerprint density at radius 2 is 2.04 bits per heavy atom. The first kappa shape index (κ1) is 18.9. The third-order valence-corrected chi connectivity index (χ3v) is 4.56. The Balaban J connectivity index is 1.54. The Hall–Kier alpha value is -2.86. The summed E-state index contributed by atoms with van der Waals surface area (Å²) in [4.78, 5) is 16.5. The average molecular weight is 386 g/mol. The number of rotatable bonds is 7. The number of nitrogens with zero attached hydrogens (tertiary/aromatic N) is 2. The van der Waals surface area contributed by atoms with E-state index in [9.17, 15) is 4.79 Å². The Morgan fingerprint density at radius 1 is 1.22 bits per heavy atom. The number of methoxy groups -OCH3 is 1. The molecule has 27 heavy (non-hydrogen) atoms. The molecule has 3 aromatic rings. The van der Waals surface area contributed by atoms with Gasteiger partial charge in [-0.25, -0.2) is 0 Å². The molecule has 0 radical (unpaired) electrons. The van der Waals surface area contributed by atoms with Crippen molar-refractivity contribution in [3.05, 3.63) is 58.9 Å². The number of carbonyl (C=O) groups is 1. The van der Waals surface area contributed by atoms with Gasteiger partial charge in [-0.05, 0) is 43.2 Å². The first-order chi connectivity index (χ1) is 13.1. The summed E-state index contributed by atoms with van der Waals surface area (Å²) < 4.78 is 10.6. The van der Waals surface area contributed by atoms with Crippen LogP contribution in [0.1, 0.15) is 24.3 Å². The van der Waals surface area contributed by atoms with Gasteiger partial charge in [0.15, 0.2) is 0 Å². The molecule has 3 rings (SSSR count). The highest BCUT2D eigenvalue weighted by molar-refractivity contribution is 6.31. The Kier molecular flexibility index (Phi) is 6.08. The molecule has 0 aliphatic rings. The number of hydrogen-bond acceptors (Lipinski definition) is 5. The van der Waals surface area contributed by atoms with Gasteiger partial charge < -0.3 is 14.6 Å². The molecular formula is C20H20ClN3O3. The van der Waals surface area contributed by atoms with Crippen LogP contribution in [0.4, 0.5) is 5.69 Å². The zero-order chi connectivity index (χ0) is 19.2. The molecule has 6 nitrogen and oxygen atoms in total. The van der Waals surface area contributed by atoms with E-state index >= 15 is 0 Å². The molecule has 0 unspecified atom stereocenters. The van der Waals surface area contributed by atoms with Crippen molar-refractivity contribution < 1.29 is 14.1 Å². The molecule has 0 atom stereocenters. The van der Waals surface area contributed by atoms with E-state index in [0.717, 1.165) is 16.8 Å². The fourth-order valence-electron chi connectivity index (χ4n) is 2.65. The van der Waals surface area contributed by atoms with Crippen LogP contribution in [-0.2, 0) is 11.2 Å². The van der Waals surface area contributed by atoms with Gasteiger partial charge in [0.2, 0.25) is 17.6 Å². The van der Waals surface area contributed by atoms with E-state index in [2.05, 4.69) is 15.5 Å². The molecule has 1 N–H and O–H groups in total. The number of benzene rings is 2. The van der Waals surface area contributed by atoms with E-state index in [1.807, 2.05) is 43.3 Å². The first-order valence-electron chi connectivity index (χ1n) is 8.59. The maximum Gasteiger partial charge on any atom is 0.226 e. The number of para-hydroxylation sites is 1. The second-order valence-corrected chi connectivity index (χ2v) is 6.43. The molecule has 0 saturated heterocycles. The van der Waals surface area contributed by atoms with E-state index in [1.54, 1.807) is 13.2 Å². The zero-order valence-electron chi connectivity index (χ0n) is 15.2. The summed E-state index contributed by atoms with van der Waals surface area (Å²) in [5, 5.41) is 7.50. The molecule has 0 saturated carbocycles. The summed E-state index contributed by atoms with van der Waals surface area (Å²) in [5.74, 6) is 1.56. The molecule has 140 valence electrons. The van der Waals surface area contributed by atoms with Gasteiger partial charge in [0.1, 0.15) is 5.75 Å². The third-order valence-electron chi connectivity index (χ3n) is 4.15. The molecule has 0 fully saturated rings. The second-order valence-electron chi connectivity index (χ2n) is 6.03. The fraction of sp³-hybridized carbons (Fsp3) is 0.250. The maximum atomic E-state index is 12.1. The largest absolute Gasteiger partial charge is 0.496 e. The van der Waals surface area contributed by atoms with E-state index in [4.69, 9.17) is 20.9 Å². The minimum absolute atomic E-state index is 0.0789. The summed E-state index contributed by atoms with van der Waals surface area (Å²) in [6.45, 7) is 1.87. The van der Waals surface area contributed by atoms with Crippen LogP contribution < -0.4 is 10.1 Å². The molecule has 1 aromatic heterocycles. The molecule has 1 amide bonds. The maximum absolute atomic E-state index is 12.1. The van der Waals surface area contributed by atoms with Crippen molar-refractivity contribution in [1.82, 2.24) is 10.1 Å². The van der Waals surface area contributed by atoms with Crippen molar-refractivity contribution in [1.29, 1.82) is 0 Å². The number of ether oxygens (including phenoxy) is 1. The fourth-order valence-corrected chi connectivity index (χ4v) is 2.83. The Labute approximate surface area is 162 Å². The Bertz CT molecular complexity index is 940. The molecule has 1 heterocycles. The van der Waals surface area contributed by atoms with Crippen LogP contribution in [0.25, 0.3) is 11.4 Å². The van der Waals surface area contributed by atoms with Gasteiger partial charge in [-0.3, -0.25) is 4.79 Å². The number of carbonyl (C=O) groups excluding carboxylic acids is 1. The van der Waals surface area contributed by atoms with Crippen molar-refractivity contribution in [3.63, 3.8) is 0 Å². The highest BCUT2D eigenvalue weighted by Crippen LogP contribution is 2.27. The number of amides is 1. The van der Waals surface area contributed by atoms with E-state index in [0.29, 0.717) is 41.7 Å². The van der Waals surface area contributed by atoms with Crippen LogP contribution in [0.3, 0.4) is 0 Å². The molecule has 7 heteroatoms. The molecule has 2 aromatic carbocycles. The molecule has 0 spiro atoms. The Morgan fingerprint density at radius 3 is 2.85 bits per heavy atom. The van der Waals surface area contributed by atoms with Crippen LogP contribution in [0, 0.1) is 6.92 Å². The number of anilines is 1. The highest BCUT2D eigenvalue weighted by atomic mass is 35.5. The SMILES string of the molecule is COc1ccccc1-c1noc(CCCC(=O)Nc2cccc(Cl)c2C)n1. The van der Waals surface area contributed by atoms with Crippen LogP contribution in [-0.4, -0.2) is 23.2 Å².